The number of aromatic amines is 1. The molecule has 1 aliphatic rings. The van der Waals surface area contributed by atoms with Crippen LogP contribution >= 0.6 is 11.8 Å². The van der Waals surface area contributed by atoms with Gasteiger partial charge < -0.3 is 11.2 Å². The van der Waals surface area contributed by atoms with Gasteiger partial charge in [-0.2, -0.15) is 5.10 Å². The number of nitrogen functional groups attached to an aromatic ring is 1. The summed E-state index contributed by atoms with van der Waals surface area (Å²) in [5, 5.41) is 19.1. The van der Waals surface area contributed by atoms with E-state index < -0.39 is 0 Å². The molecule has 9 heteroatoms. The number of thioether (sulfide) groups is 1. The highest BCUT2D eigenvalue weighted by molar-refractivity contribution is 7.99. The molecule has 3 aromatic rings. The molecule has 152 valence electrons. The number of unbranched alkanes of at least 4 members (excludes halogenated alkanes) is 1. The Morgan fingerprint density at radius 1 is 1.28 bits per heavy atom. The first-order chi connectivity index (χ1) is 14.2. The number of benzene rings is 1. The number of amides is 1. The number of nitrogens with zero attached hydrogens (tertiary/aromatic N) is 4. The molecule has 0 fully saturated rings. The van der Waals surface area contributed by atoms with Crippen molar-refractivity contribution in [1.82, 2.24) is 25.1 Å². The minimum absolute atomic E-state index is 0.110. The number of anilines is 1. The smallest absolute Gasteiger partial charge is 0.234 e. The van der Waals surface area contributed by atoms with Gasteiger partial charge in [0.15, 0.2) is 0 Å². The number of hydrogen-bond acceptors (Lipinski definition) is 6. The van der Waals surface area contributed by atoms with Gasteiger partial charge in [0, 0.05) is 16.9 Å². The lowest BCUT2D eigenvalue weighted by atomic mass is 10.1. The van der Waals surface area contributed by atoms with E-state index in [4.69, 9.17) is 5.84 Å². The van der Waals surface area contributed by atoms with Gasteiger partial charge in [-0.05, 0) is 49.8 Å². The minimum Gasteiger partial charge on any atom is -0.335 e. The summed E-state index contributed by atoms with van der Waals surface area (Å²) in [5.41, 5.74) is 5.15. The standard InChI is InChI=1S/C20H25N7OS/c1-2-3-5-13-8-10-14(11-9-13)22-17(28)12-29-20-26-25-19(27(20)21)18-15-6-4-7-16(15)23-24-18/h8-11H,2-7,12,21H2,1H3,(H,22,28)(H,23,24). The van der Waals surface area contributed by atoms with E-state index in [0.717, 1.165) is 42.8 Å². The van der Waals surface area contributed by atoms with Gasteiger partial charge in [0.05, 0.1) is 5.75 Å². The number of hydrogen-bond donors (Lipinski definition) is 3. The van der Waals surface area contributed by atoms with Crippen molar-refractivity contribution in [2.45, 2.75) is 50.6 Å². The fourth-order valence-electron chi connectivity index (χ4n) is 3.50. The average Bonchev–Trinajstić information content (AvgIpc) is 3.42. The van der Waals surface area contributed by atoms with Crippen molar-refractivity contribution in [1.29, 1.82) is 0 Å². The number of carbonyl (C=O) groups is 1. The number of fused-ring (bicyclic) bond motifs is 1. The van der Waals surface area contributed by atoms with Crippen LogP contribution in [0.5, 0.6) is 0 Å². The van der Waals surface area contributed by atoms with Gasteiger partial charge in [-0.15, -0.1) is 10.2 Å². The van der Waals surface area contributed by atoms with Crippen molar-refractivity contribution in [2.75, 3.05) is 16.9 Å². The molecule has 0 spiro atoms. The summed E-state index contributed by atoms with van der Waals surface area (Å²) < 4.78 is 1.41. The average molecular weight is 412 g/mol. The maximum Gasteiger partial charge on any atom is 0.234 e. The van der Waals surface area contributed by atoms with Crippen LogP contribution in [0.3, 0.4) is 0 Å². The van der Waals surface area contributed by atoms with Gasteiger partial charge in [0.25, 0.3) is 0 Å². The first-order valence-electron chi connectivity index (χ1n) is 9.94. The molecule has 2 heterocycles. The van der Waals surface area contributed by atoms with Crippen molar-refractivity contribution >= 4 is 23.4 Å². The zero-order chi connectivity index (χ0) is 20.2. The zero-order valence-corrected chi connectivity index (χ0v) is 17.3. The summed E-state index contributed by atoms with van der Waals surface area (Å²) in [6.07, 6.45) is 6.49. The number of aromatic nitrogens is 5. The van der Waals surface area contributed by atoms with Crippen molar-refractivity contribution in [3.05, 3.63) is 41.1 Å². The Labute approximate surface area is 173 Å². The summed E-state index contributed by atoms with van der Waals surface area (Å²) in [5.74, 6) is 6.78. The van der Waals surface area contributed by atoms with E-state index in [-0.39, 0.29) is 11.7 Å². The molecule has 0 aliphatic heterocycles. The third-order valence-electron chi connectivity index (χ3n) is 5.07. The summed E-state index contributed by atoms with van der Waals surface area (Å²) in [6.45, 7) is 2.18. The first-order valence-corrected chi connectivity index (χ1v) is 10.9. The van der Waals surface area contributed by atoms with Crippen LogP contribution in [0.1, 0.15) is 43.0 Å². The number of nitrogens with two attached hydrogens (primary N) is 1. The molecule has 1 aliphatic carbocycles. The Kier molecular flexibility index (Phi) is 5.84. The number of carbonyl (C=O) groups excluding carboxylic acids is 1. The lowest BCUT2D eigenvalue weighted by Gasteiger charge is -2.07. The Balaban J connectivity index is 1.34. The molecule has 4 rings (SSSR count). The second-order valence-electron chi connectivity index (χ2n) is 7.20. The van der Waals surface area contributed by atoms with Crippen LogP contribution in [0.2, 0.25) is 0 Å². The molecule has 1 amide bonds. The van der Waals surface area contributed by atoms with E-state index in [1.54, 1.807) is 0 Å². The van der Waals surface area contributed by atoms with Crippen LogP contribution in [0.15, 0.2) is 29.4 Å². The Bertz CT molecular complexity index is 993. The van der Waals surface area contributed by atoms with Crippen LogP contribution in [0.4, 0.5) is 5.69 Å². The third kappa shape index (κ3) is 4.29. The van der Waals surface area contributed by atoms with Crippen LogP contribution in [0, 0.1) is 0 Å². The second-order valence-corrected chi connectivity index (χ2v) is 8.14. The minimum atomic E-state index is -0.110. The maximum absolute atomic E-state index is 12.3. The van der Waals surface area contributed by atoms with Crippen LogP contribution in [-0.2, 0) is 24.1 Å². The van der Waals surface area contributed by atoms with E-state index in [1.165, 1.54) is 40.4 Å². The predicted octanol–water partition coefficient (Wildman–Crippen LogP) is 2.94. The number of H-pyrrole nitrogens is 1. The SMILES string of the molecule is CCCCc1ccc(NC(=O)CSc2nnc(-c3n[nH]c4c3CCC4)n2N)cc1. The van der Waals surface area contributed by atoms with Crippen LogP contribution < -0.4 is 11.2 Å². The highest BCUT2D eigenvalue weighted by Crippen LogP contribution is 2.30. The maximum atomic E-state index is 12.3. The zero-order valence-electron chi connectivity index (χ0n) is 16.4. The Hall–Kier alpha value is -2.81. The summed E-state index contributed by atoms with van der Waals surface area (Å²) in [6, 6.07) is 8.00. The molecular formula is C20H25N7OS. The van der Waals surface area contributed by atoms with Gasteiger partial charge in [0.2, 0.25) is 16.9 Å². The molecule has 0 saturated heterocycles. The predicted molar refractivity (Wildman–Crippen MR) is 114 cm³/mol. The molecular weight excluding hydrogens is 386 g/mol. The normalized spacial score (nSPS) is 12.9. The topological polar surface area (TPSA) is 115 Å². The van der Waals surface area contributed by atoms with Crippen molar-refractivity contribution in [3.63, 3.8) is 0 Å². The van der Waals surface area contributed by atoms with Gasteiger partial charge in [-0.3, -0.25) is 9.89 Å². The number of aryl methyl sites for hydroxylation is 2. The highest BCUT2D eigenvalue weighted by atomic mass is 32.2. The monoisotopic (exact) mass is 411 g/mol. The van der Waals surface area contributed by atoms with E-state index in [1.807, 2.05) is 12.1 Å². The van der Waals surface area contributed by atoms with Gasteiger partial charge in [0.1, 0.15) is 5.69 Å². The molecule has 0 atom stereocenters. The largest absolute Gasteiger partial charge is 0.335 e. The molecule has 0 saturated carbocycles. The molecule has 0 unspecified atom stereocenters. The van der Waals surface area contributed by atoms with Crippen LogP contribution in [-0.4, -0.2) is 36.7 Å². The summed E-state index contributed by atoms with van der Waals surface area (Å²) >= 11 is 1.25. The fraction of sp³-hybridized carbons (Fsp3) is 0.400. The quantitative estimate of drug-likeness (QED) is 0.388. The highest BCUT2D eigenvalue weighted by Gasteiger charge is 2.24. The summed E-state index contributed by atoms with van der Waals surface area (Å²) in [4.78, 5) is 12.3. The van der Waals surface area contributed by atoms with Crippen molar-refractivity contribution < 1.29 is 4.79 Å². The van der Waals surface area contributed by atoms with Gasteiger partial charge in [-0.25, -0.2) is 4.68 Å². The lowest BCUT2D eigenvalue weighted by Crippen LogP contribution is -2.16. The first kappa shape index (κ1) is 19.5. The Morgan fingerprint density at radius 3 is 2.90 bits per heavy atom. The molecule has 0 radical (unpaired) electrons. The lowest BCUT2D eigenvalue weighted by molar-refractivity contribution is -0.113. The van der Waals surface area contributed by atoms with E-state index in [2.05, 4.69) is 44.8 Å². The molecule has 29 heavy (non-hydrogen) atoms. The van der Waals surface area contributed by atoms with Gasteiger partial charge in [-0.1, -0.05) is 37.2 Å². The van der Waals surface area contributed by atoms with Crippen LogP contribution in [0.25, 0.3) is 11.5 Å². The van der Waals surface area contributed by atoms with Crippen molar-refractivity contribution in [3.8, 4) is 11.5 Å². The fourth-order valence-corrected chi connectivity index (χ4v) is 4.16. The van der Waals surface area contributed by atoms with E-state index >= 15 is 0 Å². The molecule has 4 N–H and O–H groups in total. The van der Waals surface area contributed by atoms with E-state index in [0.29, 0.717) is 11.0 Å². The molecule has 1 aromatic carbocycles. The van der Waals surface area contributed by atoms with Crippen molar-refractivity contribution in [2.24, 2.45) is 0 Å². The molecule has 2 aromatic heterocycles. The second kappa shape index (κ2) is 8.69. The van der Waals surface area contributed by atoms with E-state index in [9.17, 15) is 4.79 Å². The third-order valence-corrected chi connectivity index (χ3v) is 6.01. The number of nitrogens with one attached hydrogen (secondary N) is 2. The Morgan fingerprint density at radius 2 is 2.10 bits per heavy atom. The molecule has 8 nitrogen and oxygen atoms in total. The molecule has 0 bridgehead atoms. The number of rotatable bonds is 8. The van der Waals surface area contributed by atoms with Gasteiger partial charge >= 0.3 is 0 Å². The summed E-state index contributed by atoms with van der Waals surface area (Å²) in [7, 11) is 0.